The summed E-state index contributed by atoms with van der Waals surface area (Å²) in [5, 5.41) is 0. The second kappa shape index (κ2) is 5.46. The molecule has 1 aromatic heterocycles. The molecule has 0 aliphatic carbocycles. The molecule has 0 unspecified atom stereocenters. The Morgan fingerprint density at radius 1 is 1.06 bits per heavy atom. The van der Waals surface area contributed by atoms with E-state index in [1.807, 2.05) is 0 Å². The van der Waals surface area contributed by atoms with E-state index in [1.54, 1.807) is 11.3 Å². The molecule has 0 aliphatic heterocycles. The van der Waals surface area contributed by atoms with Crippen molar-refractivity contribution in [3.8, 4) is 0 Å². The third kappa shape index (κ3) is 3.06. The van der Waals surface area contributed by atoms with E-state index in [9.17, 15) is 0 Å². The highest BCUT2D eigenvalue weighted by Gasteiger charge is 1.93. The maximum Gasteiger partial charge on any atom is 0.0704 e. The summed E-state index contributed by atoms with van der Waals surface area (Å²) in [4.78, 5) is 1.27. The van der Waals surface area contributed by atoms with Crippen molar-refractivity contribution in [2.24, 2.45) is 0 Å². The van der Waals surface area contributed by atoms with Crippen LogP contribution in [0.1, 0.15) is 22.9 Å². The lowest BCUT2D eigenvalue weighted by molar-refractivity contribution is 1.14. The molecule has 0 N–H and O–H groups in total. The lowest BCUT2D eigenvalue weighted by Gasteiger charge is -1.96. The summed E-state index contributed by atoms with van der Waals surface area (Å²) in [5.41, 5.74) is 2.64. The van der Waals surface area contributed by atoms with Crippen LogP contribution < -0.4 is 0 Å². The Bertz CT molecular complexity index is 480. The number of aryl methyl sites for hydroxylation is 1. The fraction of sp³-hybridized carbons (Fsp3) is 0.143. The Morgan fingerprint density at radius 2 is 1.81 bits per heavy atom. The standard InChI is InChI=1S/C14H13BrS/c1-2-11-3-5-12(6-4-11)7-8-13-9-10-14(15)16-13/h3-10H,2H2,1H3/b8-7+. The Hall–Kier alpha value is -0.860. The number of hydrogen-bond donors (Lipinski definition) is 0. The predicted octanol–water partition coefficient (Wildman–Crippen LogP) is 5.24. The van der Waals surface area contributed by atoms with Crippen molar-refractivity contribution in [1.82, 2.24) is 0 Å². The van der Waals surface area contributed by atoms with E-state index >= 15 is 0 Å². The normalized spacial score (nSPS) is 11.1. The van der Waals surface area contributed by atoms with E-state index in [-0.39, 0.29) is 0 Å². The summed E-state index contributed by atoms with van der Waals surface area (Å²) in [6.07, 6.45) is 5.40. The summed E-state index contributed by atoms with van der Waals surface area (Å²) >= 11 is 5.21. The number of benzene rings is 1. The van der Waals surface area contributed by atoms with Crippen molar-refractivity contribution in [1.29, 1.82) is 0 Å². The lowest BCUT2D eigenvalue weighted by Crippen LogP contribution is -1.78. The van der Waals surface area contributed by atoms with Crippen molar-refractivity contribution in [3.05, 3.63) is 56.2 Å². The van der Waals surface area contributed by atoms with Crippen LogP contribution in [0.2, 0.25) is 0 Å². The highest BCUT2D eigenvalue weighted by atomic mass is 79.9. The zero-order valence-corrected chi connectivity index (χ0v) is 11.5. The Kier molecular flexibility index (Phi) is 3.97. The molecule has 0 bridgehead atoms. The van der Waals surface area contributed by atoms with E-state index in [2.05, 4.69) is 71.4 Å². The molecule has 0 aliphatic rings. The first-order valence-electron chi connectivity index (χ1n) is 5.30. The van der Waals surface area contributed by atoms with Crippen molar-refractivity contribution in [2.45, 2.75) is 13.3 Å². The first kappa shape index (κ1) is 11.6. The Morgan fingerprint density at radius 3 is 2.38 bits per heavy atom. The molecule has 2 heteroatoms. The van der Waals surface area contributed by atoms with Gasteiger partial charge in [-0.15, -0.1) is 11.3 Å². The SMILES string of the molecule is CCc1ccc(/C=C/c2ccc(Br)s2)cc1. The van der Waals surface area contributed by atoms with Crippen molar-refractivity contribution in [2.75, 3.05) is 0 Å². The molecule has 0 amide bonds. The molecule has 1 heterocycles. The monoisotopic (exact) mass is 292 g/mol. The molecular weight excluding hydrogens is 280 g/mol. The fourth-order valence-electron chi connectivity index (χ4n) is 1.46. The topological polar surface area (TPSA) is 0 Å². The molecule has 0 fully saturated rings. The Labute approximate surface area is 109 Å². The number of hydrogen-bond acceptors (Lipinski definition) is 1. The van der Waals surface area contributed by atoms with Crippen LogP contribution >= 0.6 is 27.3 Å². The summed E-state index contributed by atoms with van der Waals surface area (Å²) < 4.78 is 1.17. The molecule has 0 radical (unpaired) electrons. The fourth-order valence-corrected chi connectivity index (χ4v) is 2.79. The van der Waals surface area contributed by atoms with Gasteiger partial charge in [-0.3, -0.25) is 0 Å². The molecule has 0 atom stereocenters. The molecule has 0 saturated carbocycles. The summed E-state index contributed by atoms with van der Waals surface area (Å²) in [6.45, 7) is 2.17. The molecule has 1 aromatic carbocycles. The zero-order valence-electron chi connectivity index (χ0n) is 9.11. The second-order valence-electron chi connectivity index (χ2n) is 3.57. The van der Waals surface area contributed by atoms with Gasteiger partial charge < -0.3 is 0 Å². The van der Waals surface area contributed by atoms with Gasteiger partial charge in [0.1, 0.15) is 0 Å². The largest absolute Gasteiger partial charge is 0.129 e. The minimum Gasteiger partial charge on any atom is -0.129 e. The van der Waals surface area contributed by atoms with Crippen LogP contribution in [0.5, 0.6) is 0 Å². The molecule has 82 valence electrons. The smallest absolute Gasteiger partial charge is 0.0704 e. The molecule has 2 aromatic rings. The molecule has 16 heavy (non-hydrogen) atoms. The number of thiophene rings is 1. The van der Waals surface area contributed by atoms with E-state index < -0.39 is 0 Å². The maximum absolute atomic E-state index is 3.46. The molecule has 2 rings (SSSR count). The minimum atomic E-state index is 1.10. The average molecular weight is 293 g/mol. The van der Waals surface area contributed by atoms with Crippen LogP contribution in [0, 0.1) is 0 Å². The summed E-state index contributed by atoms with van der Waals surface area (Å²) in [5.74, 6) is 0. The molecular formula is C14H13BrS. The van der Waals surface area contributed by atoms with E-state index in [1.165, 1.54) is 19.8 Å². The molecule has 0 saturated heterocycles. The molecule has 0 spiro atoms. The van der Waals surface area contributed by atoms with Crippen molar-refractivity contribution >= 4 is 39.4 Å². The highest BCUT2D eigenvalue weighted by Crippen LogP contribution is 2.23. The van der Waals surface area contributed by atoms with Gasteiger partial charge in [0.05, 0.1) is 3.79 Å². The van der Waals surface area contributed by atoms with E-state index in [4.69, 9.17) is 0 Å². The highest BCUT2D eigenvalue weighted by molar-refractivity contribution is 9.11. The van der Waals surface area contributed by atoms with E-state index in [0.717, 1.165) is 6.42 Å². The number of rotatable bonds is 3. The van der Waals surface area contributed by atoms with Gasteiger partial charge in [-0.2, -0.15) is 0 Å². The van der Waals surface area contributed by atoms with Crippen LogP contribution in [0.4, 0.5) is 0 Å². The van der Waals surface area contributed by atoms with Gasteiger partial charge in [0.15, 0.2) is 0 Å². The van der Waals surface area contributed by atoms with Gasteiger partial charge in [0.2, 0.25) is 0 Å². The van der Waals surface area contributed by atoms with Crippen molar-refractivity contribution < 1.29 is 0 Å². The number of halogens is 1. The lowest BCUT2D eigenvalue weighted by atomic mass is 10.1. The zero-order chi connectivity index (χ0) is 11.4. The average Bonchev–Trinajstić information content (AvgIpc) is 2.73. The van der Waals surface area contributed by atoms with Crippen LogP contribution in [-0.4, -0.2) is 0 Å². The predicted molar refractivity (Wildman–Crippen MR) is 76.8 cm³/mol. The van der Waals surface area contributed by atoms with Crippen LogP contribution in [0.25, 0.3) is 12.2 Å². The Balaban J connectivity index is 2.11. The van der Waals surface area contributed by atoms with Crippen LogP contribution in [0.3, 0.4) is 0 Å². The third-order valence-corrected chi connectivity index (χ3v) is 4.01. The first-order chi connectivity index (χ1) is 7.78. The van der Waals surface area contributed by atoms with Gasteiger partial charge in [0, 0.05) is 4.88 Å². The van der Waals surface area contributed by atoms with Crippen molar-refractivity contribution in [3.63, 3.8) is 0 Å². The molecule has 0 nitrogen and oxygen atoms in total. The van der Waals surface area contributed by atoms with Gasteiger partial charge in [-0.1, -0.05) is 37.3 Å². The van der Waals surface area contributed by atoms with Gasteiger partial charge in [-0.05, 0) is 51.7 Å². The third-order valence-electron chi connectivity index (χ3n) is 2.42. The summed E-state index contributed by atoms with van der Waals surface area (Å²) in [6, 6.07) is 12.9. The van der Waals surface area contributed by atoms with Gasteiger partial charge in [0.25, 0.3) is 0 Å². The first-order valence-corrected chi connectivity index (χ1v) is 6.91. The van der Waals surface area contributed by atoms with Gasteiger partial charge in [-0.25, -0.2) is 0 Å². The van der Waals surface area contributed by atoms with Crippen LogP contribution in [0.15, 0.2) is 40.2 Å². The van der Waals surface area contributed by atoms with E-state index in [0.29, 0.717) is 0 Å². The van der Waals surface area contributed by atoms with Gasteiger partial charge >= 0.3 is 0 Å². The minimum absolute atomic E-state index is 1.10. The summed E-state index contributed by atoms with van der Waals surface area (Å²) in [7, 11) is 0. The second-order valence-corrected chi connectivity index (χ2v) is 6.06. The maximum atomic E-state index is 3.46. The quantitative estimate of drug-likeness (QED) is 0.725. The van der Waals surface area contributed by atoms with Crippen LogP contribution in [-0.2, 0) is 6.42 Å².